The molecule has 2 bridgehead atoms. The molecule has 2 aliphatic rings. The summed E-state index contributed by atoms with van der Waals surface area (Å²) in [6, 6.07) is 5.92. The first kappa shape index (κ1) is 14.5. The molecule has 0 aliphatic carbocycles. The van der Waals surface area contributed by atoms with E-state index in [9.17, 15) is 4.79 Å². The molecule has 1 amide bonds. The van der Waals surface area contributed by atoms with Crippen LogP contribution >= 0.6 is 0 Å². The summed E-state index contributed by atoms with van der Waals surface area (Å²) in [6.45, 7) is 3.32. The third kappa shape index (κ3) is 2.77. The summed E-state index contributed by atoms with van der Waals surface area (Å²) < 4.78 is 11.5. The second-order valence-electron chi connectivity index (χ2n) is 6.27. The molecule has 7 nitrogen and oxygen atoms in total. The maximum Gasteiger partial charge on any atom is 0.229 e. The Hall–Kier alpha value is -2.12. The summed E-state index contributed by atoms with van der Waals surface area (Å²) in [5.41, 5.74) is 0.868. The molecule has 2 aromatic heterocycles. The molecule has 2 saturated heterocycles. The molecule has 0 radical (unpaired) electrons. The first-order chi connectivity index (χ1) is 11.2. The Labute approximate surface area is 134 Å². The van der Waals surface area contributed by atoms with Gasteiger partial charge in [-0.15, -0.1) is 0 Å². The van der Waals surface area contributed by atoms with Crippen LogP contribution < -0.4 is 0 Å². The van der Waals surface area contributed by atoms with Crippen LogP contribution in [-0.4, -0.2) is 65.3 Å². The summed E-state index contributed by atoms with van der Waals surface area (Å²) in [4.78, 5) is 16.5. The summed E-state index contributed by atoms with van der Waals surface area (Å²) in [5.74, 6) is 1.77. The summed E-state index contributed by atoms with van der Waals surface area (Å²) in [6.07, 6.45) is 1.70. The number of hydrogen-bond donors (Lipinski definition) is 1. The fourth-order valence-corrected chi connectivity index (χ4v) is 3.34. The molecule has 0 saturated carbocycles. The minimum atomic E-state index is -0.0884. The molecule has 2 aromatic rings. The number of amides is 1. The van der Waals surface area contributed by atoms with Crippen LogP contribution in [0, 0.1) is 5.92 Å². The fraction of sp³-hybridized carbons (Fsp3) is 0.500. The van der Waals surface area contributed by atoms with Crippen molar-refractivity contribution >= 4 is 5.91 Å². The fourth-order valence-electron chi connectivity index (χ4n) is 3.34. The van der Waals surface area contributed by atoms with Gasteiger partial charge in [0.2, 0.25) is 5.91 Å². The topological polar surface area (TPSA) is 74.6 Å². The number of carbonyl (C=O) groups is 1. The van der Waals surface area contributed by atoms with E-state index in [0.717, 1.165) is 23.8 Å². The van der Waals surface area contributed by atoms with Gasteiger partial charge in [0.15, 0.2) is 5.76 Å². The molecular formula is C16H20N4O3. The zero-order valence-electron chi connectivity index (χ0n) is 13.1. The van der Waals surface area contributed by atoms with Gasteiger partial charge in [-0.2, -0.15) is 5.10 Å². The van der Waals surface area contributed by atoms with Crippen molar-refractivity contribution in [3.63, 3.8) is 0 Å². The number of hydrogen-bond acceptors (Lipinski definition) is 5. The normalized spacial score (nSPS) is 25.6. The Morgan fingerprint density at radius 1 is 1.30 bits per heavy atom. The van der Waals surface area contributed by atoms with E-state index in [-0.39, 0.29) is 17.9 Å². The third-order valence-electron chi connectivity index (χ3n) is 4.63. The number of likely N-dealkylation sites (N-methyl/N-ethyl adjacent to an activating group) is 1. The Bertz CT molecular complexity index is 681. The monoisotopic (exact) mass is 316 g/mol. The first-order valence-corrected chi connectivity index (χ1v) is 7.86. The smallest absolute Gasteiger partial charge is 0.229 e. The van der Waals surface area contributed by atoms with Crippen molar-refractivity contribution in [1.29, 1.82) is 0 Å². The number of H-pyrrole nitrogens is 1. The van der Waals surface area contributed by atoms with Crippen molar-refractivity contribution in [3.8, 4) is 11.5 Å². The van der Waals surface area contributed by atoms with Gasteiger partial charge >= 0.3 is 0 Å². The van der Waals surface area contributed by atoms with Crippen molar-refractivity contribution in [2.75, 3.05) is 33.4 Å². The van der Waals surface area contributed by atoms with Crippen LogP contribution in [0.4, 0.5) is 0 Å². The van der Waals surface area contributed by atoms with Crippen molar-refractivity contribution in [3.05, 3.63) is 30.2 Å². The van der Waals surface area contributed by atoms with E-state index >= 15 is 0 Å². The Morgan fingerprint density at radius 3 is 3.04 bits per heavy atom. The van der Waals surface area contributed by atoms with Gasteiger partial charge in [0, 0.05) is 26.3 Å². The standard InChI is InChI=1S/C16H20N4O3/c1-19-12-7-20(6-11(16(19)21)9-22-10-12)8-13-2-3-15(23-13)14-4-5-17-18-14/h2-5,11-12H,6-10H2,1H3,(H,17,18)/t11-,12+/m1/s1. The lowest BCUT2D eigenvalue weighted by Gasteiger charge is -2.28. The highest BCUT2D eigenvalue weighted by molar-refractivity contribution is 5.79. The average molecular weight is 316 g/mol. The molecule has 23 heavy (non-hydrogen) atoms. The highest BCUT2D eigenvalue weighted by atomic mass is 16.5. The van der Waals surface area contributed by atoms with Gasteiger partial charge in [-0.3, -0.25) is 14.8 Å². The number of fused-ring (bicyclic) bond motifs is 3. The molecule has 0 spiro atoms. The van der Waals surface area contributed by atoms with E-state index in [2.05, 4.69) is 15.1 Å². The number of nitrogens with one attached hydrogen (secondary N) is 1. The second-order valence-corrected chi connectivity index (χ2v) is 6.27. The lowest BCUT2D eigenvalue weighted by Crippen LogP contribution is -2.42. The number of nitrogens with zero attached hydrogens (tertiary/aromatic N) is 3. The molecule has 1 N–H and O–H groups in total. The molecule has 2 fully saturated rings. The quantitative estimate of drug-likeness (QED) is 0.913. The highest BCUT2D eigenvalue weighted by Gasteiger charge is 2.37. The lowest BCUT2D eigenvalue weighted by molar-refractivity contribution is -0.134. The molecule has 0 aromatic carbocycles. The third-order valence-corrected chi connectivity index (χ3v) is 4.63. The number of aromatic nitrogens is 2. The molecule has 4 heterocycles. The van der Waals surface area contributed by atoms with Crippen LogP contribution in [-0.2, 0) is 16.1 Å². The first-order valence-electron chi connectivity index (χ1n) is 7.86. The van der Waals surface area contributed by atoms with Gasteiger partial charge in [0.25, 0.3) is 0 Å². The van der Waals surface area contributed by atoms with E-state index in [1.165, 1.54) is 0 Å². The van der Waals surface area contributed by atoms with E-state index in [0.29, 0.717) is 26.3 Å². The predicted octanol–water partition coefficient (Wildman–Crippen LogP) is 0.959. The number of ether oxygens (including phenoxy) is 1. The van der Waals surface area contributed by atoms with Crippen LogP contribution in [0.1, 0.15) is 5.76 Å². The molecular weight excluding hydrogens is 296 g/mol. The summed E-state index contributed by atoms with van der Waals surface area (Å²) >= 11 is 0. The van der Waals surface area contributed by atoms with Crippen LogP contribution in [0.15, 0.2) is 28.8 Å². The molecule has 0 unspecified atom stereocenters. The van der Waals surface area contributed by atoms with Crippen LogP contribution in [0.3, 0.4) is 0 Å². The van der Waals surface area contributed by atoms with Gasteiger partial charge in [0.05, 0.1) is 31.7 Å². The zero-order valence-corrected chi connectivity index (χ0v) is 13.1. The van der Waals surface area contributed by atoms with Crippen molar-refractivity contribution in [2.45, 2.75) is 12.6 Å². The molecule has 122 valence electrons. The molecule has 2 aliphatic heterocycles. The molecule has 2 atom stereocenters. The number of rotatable bonds is 3. The number of aromatic amines is 1. The minimum absolute atomic E-state index is 0.0884. The van der Waals surface area contributed by atoms with Crippen LogP contribution in [0.2, 0.25) is 0 Å². The minimum Gasteiger partial charge on any atom is -0.458 e. The van der Waals surface area contributed by atoms with E-state index in [1.807, 2.05) is 30.1 Å². The van der Waals surface area contributed by atoms with E-state index in [1.54, 1.807) is 6.20 Å². The Kier molecular flexibility index (Phi) is 3.66. The van der Waals surface area contributed by atoms with Crippen molar-refractivity contribution in [1.82, 2.24) is 20.0 Å². The van der Waals surface area contributed by atoms with Crippen molar-refractivity contribution < 1.29 is 13.9 Å². The summed E-state index contributed by atoms with van der Waals surface area (Å²) in [7, 11) is 1.88. The Morgan fingerprint density at radius 2 is 2.22 bits per heavy atom. The predicted molar refractivity (Wildman–Crippen MR) is 82.4 cm³/mol. The van der Waals surface area contributed by atoms with Gasteiger partial charge in [-0.1, -0.05) is 0 Å². The lowest BCUT2D eigenvalue weighted by atomic mass is 10.1. The van der Waals surface area contributed by atoms with Gasteiger partial charge in [-0.05, 0) is 18.2 Å². The van der Waals surface area contributed by atoms with E-state index in [4.69, 9.17) is 9.15 Å². The zero-order chi connectivity index (χ0) is 15.8. The number of carbonyl (C=O) groups excluding carboxylic acids is 1. The van der Waals surface area contributed by atoms with Gasteiger partial charge < -0.3 is 14.1 Å². The molecule has 7 heteroatoms. The highest BCUT2D eigenvalue weighted by Crippen LogP contribution is 2.24. The summed E-state index contributed by atoms with van der Waals surface area (Å²) in [5, 5.41) is 6.84. The van der Waals surface area contributed by atoms with Gasteiger partial charge in [0.1, 0.15) is 11.5 Å². The Balaban J connectivity index is 1.50. The molecule has 4 rings (SSSR count). The second kappa shape index (κ2) is 5.82. The number of furan rings is 1. The van der Waals surface area contributed by atoms with Crippen molar-refractivity contribution in [2.24, 2.45) is 5.92 Å². The van der Waals surface area contributed by atoms with Crippen LogP contribution in [0.5, 0.6) is 0 Å². The van der Waals surface area contributed by atoms with E-state index < -0.39 is 0 Å². The SMILES string of the molecule is CN1C(=O)[C@H]2COC[C@@H]1CN(Cc1ccc(-c3ccn[nH]3)o1)C2. The van der Waals surface area contributed by atoms with Crippen LogP contribution in [0.25, 0.3) is 11.5 Å². The maximum atomic E-state index is 12.4. The average Bonchev–Trinajstić information content (AvgIpc) is 3.15. The maximum absolute atomic E-state index is 12.4. The largest absolute Gasteiger partial charge is 0.458 e. The van der Waals surface area contributed by atoms with Gasteiger partial charge in [-0.25, -0.2) is 0 Å².